The van der Waals surface area contributed by atoms with Gasteiger partial charge in [-0.15, -0.1) is 0 Å². The van der Waals surface area contributed by atoms with E-state index in [4.69, 9.17) is 10.5 Å². The summed E-state index contributed by atoms with van der Waals surface area (Å²) in [7, 11) is 0. The van der Waals surface area contributed by atoms with Crippen LogP contribution < -0.4 is 11.1 Å². The van der Waals surface area contributed by atoms with Crippen LogP contribution in [0.15, 0.2) is 73.1 Å². The zero-order chi connectivity index (χ0) is 20.1. The summed E-state index contributed by atoms with van der Waals surface area (Å²) in [5, 5.41) is 3.18. The number of ether oxygens (including phenoxy) is 1. The van der Waals surface area contributed by atoms with Gasteiger partial charge in [0.15, 0.2) is 0 Å². The minimum absolute atomic E-state index is 0.129. The van der Waals surface area contributed by atoms with Crippen molar-refractivity contribution in [1.29, 1.82) is 0 Å². The van der Waals surface area contributed by atoms with Gasteiger partial charge in [0.2, 0.25) is 0 Å². The number of nitrogens with zero attached hydrogens (tertiary/aromatic N) is 2. The molecule has 6 heteroatoms. The first-order valence-corrected chi connectivity index (χ1v) is 9.70. The summed E-state index contributed by atoms with van der Waals surface area (Å²) in [4.78, 5) is 19.2. The van der Waals surface area contributed by atoms with Gasteiger partial charge >= 0.3 is 0 Å². The van der Waals surface area contributed by atoms with E-state index in [9.17, 15) is 4.79 Å². The van der Waals surface area contributed by atoms with Gasteiger partial charge in [0, 0.05) is 42.3 Å². The first-order chi connectivity index (χ1) is 14.2. The molecule has 6 nitrogen and oxygen atoms in total. The molecule has 0 aliphatic carbocycles. The summed E-state index contributed by atoms with van der Waals surface area (Å²) in [6.07, 6.45) is 3.19. The summed E-state index contributed by atoms with van der Waals surface area (Å²) in [6.45, 7) is 2.70. The van der Waals surface area contributed by atoms with Gasteiger partial charge in [-0.05, 0) is 47.5 Å². The van der Waals surface area contributed by atoms with E-state index in [-0.39, 0.29) is 12.1 Å². The smallest absolute Gasteiger partial charge is 0.252 e. The number of anilines is 1. The van der Waals surface area contributed by atoms with E-state index >= 15 is 0 Å². The number of aromatic nitrogens is 1. The van der Waals surface area contributed by atoms with Gasteiger partial charge in [0.25, 0.3) is 5.91 Å². The number of nitrogen functional groups attached to an aromatic ring is 1. The number of nitrogens with two attached hydrogens (primary N) is 1. The molecule has 1 amide bonds. The molecule has 0 spiro atoms. The highest BCUT2D eigenvalue weighted by Gasteiger charge is 2.26. The molecule has 0 saturated carbocycles. The standard InChI is InChI=1S/C23H24N4O2/c24-21-7-6-19(17-8-10-25-11-9-17)16-20(21)22(27-12-14-29-15-13-27)26-23(28)18-4-2-1-3-5-18/h1-11,16,22H,12-15,24H2,(H,26,28). The van der Waals surface area contributed by atoms with E-state index < -0.39 is 0 Å². The first kappa shape index (κ1) is 19.1. The lowest BCUT2D eigenvalue weighted by Crippen LogP contribution is -2.46. The number of pyridine rings is 1. The fraction of sp³-hybridized carbons (Fsp3) is 0.217. The molecule has 29 heavy (non-hydrogen) atoms. The number of morpholine rings is 1. The van der Waals surface area contributed by atoms with E-state index in [2.05, 4.69) is 21.3 Å². The third kappa shape index (κ3) is 4.45. The molecule has 4 rings (SSSR count). The maximum Gasteiger partial charge on any atom is 0.252 e. The van der Waals surface area contributed by atoms with E-state index in [1.165, 1.54) is 0 Å². The average Bonchev–Trinajstić information content (AvgIpc) is 2.79. The third-order valence-corrected chi connectivity index (χ3v) is 5.11. The van der Waals surface area contributed by atoms with Gasteiger partial charge in [-0.3, -0.25) is 14.7 Å². The second kappa shape index (κ2) is 8.86. The fourth-order valence-corrected chi connectivity index (χ4v) is 3.53. The van der Waals surface area contributed by atoms with E-state index in [1.54, 1.807) is 12.4 Å². The molecule has 2 aromatic carbocycles. The molecular weight excluding hydrogens is 364 g/mol. The largest absolute Gasteiger partial charge is 0.398 e. The molecule has 1 aliphatic rings. The van der Waals surface area contributed by atoms with Crippen molar-refractivity contribution < 1.29 is 9.53 Å². The van der Waals surface area contributed by atoms with Crippen molar-refractivity contribution in [2.45, 2.75) is 6.17 Å². The lowest BCUT2D eigenvalue weighted by Gasteiger charge is -2.35. The van der Waals surface area contributed by atoms with Crippen LogP contribution in [0.1, 0.15) is 22.1 Å². The Labute approximate surface area is 170 Å². The Bertz CT molecular complexity index is 957. The van der Waals surface area contributed by atoms with Gasteiger partial charge in [0.1, 0.15) is 6.17 Å². The van der Waals surface area contributed by atoms with Crippen molar-refractivity contribution in [3.63, 3.8) is 0 Å². The van der Waals surface area contributed by atoms with Crippen molar-refractivity contribution in [2.24, 2.45) is 0 Å². The van der Waals surface area contributed by atoms with Gasteiger partial charge in [-0.2, -0.15) is 0 Å². The lowest BCUT2D eigenvalue weighted by molar-refractivity contribution is 0.00864. The molecule has 1 saturated heterocycles. The molecule has 3 N–H and O–H groups in total. The Balaban J connectivity index is 1.69. The highest BCUT2D eigenvalue weighted by atomic mass is 16.5. The van der Waals surface area contributed by atoms with Gasteiger partial charge in [-0.25, -0.2) is 0 Å². The van der Waals surface area contributed by atoms with Crippen molar-refractivity contribution in [1.82, 2.24) is 15.2 Å². The highest BCUT2D eigenvalue weighted by molar-refractivity contribution is 5.94. The summed E-state index contributed by atoms with van der Waals surface area (Å²) >= 11 is 0. The normalized spacial score (nSPS) is 15.6. The molecular formula is C23H24N4O2. The number of benzene rings is 2. The van der Waals surface area contributed by atoms with Crippen molar-refractivity contribution in [3.05, 3.63) is 84.2 Å². The zero-order valence-corrected chi connectivity index (χ0v) is 16.1. The third-order valence-electron chi connectivity index (χ3n) is 5.11. The predicted molar refractivity (Wildman–Crippen MR) is 113 cm³/mol. The highest BCUT2D eigenvalue weighted by Crippen LogP contribution is 2.30. The molecule has 2 heterocycles. The summed E-state index contributed by atoms with van der Waals surface area (Å²) in [5.41, 5.74) is 10.6. The fourth-order valence-electron chi connectivity index (χ4n) is 3.53. The number of nitrogens with one attached hydrogen (secondary N) is 1. The topological polar surface area (TPSA) is 80.5 Å². The molecule has 0 bridgehead atoms. The number of hydrogen-bond acceptors (Lipinski definition) is 5. The van der Waals surface area contributed by atoms with Crippen LogP contribution >= 0.6 is 0 Å². The molecule has 1 atom stereocenters. The van der Waals surface area contributed by atoms with Gasteiger partial charge in [0.05, 0.1) is 13.2 Å². The Morgan fingerprint density at radius 2 is 1.72 bits per heavy atom. The Morgan fingerprint density at radius 3 is 2.45 bits per heavy atom. The van der Waals surface area contributed by atoms with Crippen molar-refractivity contribution >= 4 is 11.6 Å². The number of rotatable bonds is 5. The van der Waals surface area contributed by atoms with Crippen LogP contribution in [0.5, 0.6) is 0 Å². The van der Waals surface area contributed by atoms with Crippen LogP contribution in [0, 0.1) is 0 Å². The predicted octanol–water partition coefficient (Wildman–Crippen LogP) is 3.09. The van der Waals surface area contributed by atoms with Crippen LogP contribution in [-0.2, 0) is 4.74 Å². The van der Waals surface area contributed by atoms with Crippen molar-refractivity contribution in [2.75, 3.05) is 32.0 Å². The number of carbonyl (C=O) groups is 1. The molecule has 1 fully saturated rings. The lowest BCUT2D eigenvalue weighted by atomic mass is 10.00. The number of carbonyl (C=O) groups excluding carboxylic acids is 1. The Hall–Kier alpha value is -3.22. The quantitative estimate of drug-likeness (QED) is 0.657. The maximum absolute atomic E-state index is 12.9. The SMILES string of the molecule is Nc1ccc(-c2ccncc2)cc1C(NC(=O)c1ccccc1)N1CCOCC1. The second-order valence-electron chi connectivity index (χ2n) is 6.97. The van der Waals surface area contributed by atoms with E-state index in [0.717, 1.165) is 29.8 Å². The summed E-state index contributed by atoms with van der Waals surface area (Å²) in [5.74, 6) is -0.129. The van der Waals surface area contributed by atoms with Crippen LogP contribution in [0.2, 0.25) is 0 Å². The van der Waals surface area contributed by atoms with Crippen LogP contribution in [0.4, 0.5) is 5.69 Å². The molecule has 0 radical (unpaired) electrons. The van der Waals surface area contributed by atoms with Crippen LogP contribution in [0.25, 0.3) is 11.1 Å². The zero-order valence-electron chi connectivity index (χ0n) is 16.1. The second-order valence-corrected chi connectivity index (χ2v) is 6.97. The van der Waals surface area contributed by atoms with E-state index in [1.807, 2.05) is 54.6 Å². The van der Waals surface area contributed by atoms with Crippen LogP contribution in [-0.4, -0.2) is 42.1 Å². The Morgan fingerprint density at radius 1 is 1.00 bits per heavy atom. The monoisotopic (exact) mass is 388 g/mol. The minimum Gasteiger partial charge on any atom is -0.398 e. The summed E-state index contributed by atoms with van der Waals surface area (Å²) in [6, 6.07) is 19.1. The summed E-state index contributed by atoms with van der Waals surface area (Å²) < 4.78 is 5.51. The molecule has 1 aliphatic heterocycles. The van der Waals surface area contributed by atoms with Crippen molar-refractivity contribution in [3.8, 4) is 11.1 Å². The van der Waals surface area contributed by atoms with Gasteiger partial charge < -0.3 is 15.8 Å². The number of hydrogen-bond donors (Lipinski definition) is 2. The van der Waals surface area contributed by atoms with E-state index in [0.29, 0.717) is 24.5 Å². The number of amides is 1. The molecule has 3 aromatic rings. The molecule has 1 aromatic heterocycles. The minimum atomic E-state index is -0.339. The average molecular weight is 388 g/mol. The Kier molecular flexibility index (Phi) is 5.84. The molecule has 1 unspecified atom stereocenters. The van der Waals surface area contributed by atoms with Gasteiger partial charge in [-0.1, -0.05) is 24.3 Å². The maximum atomic E-state index is 12.9. The molecule has 148 valence electrons. The first-order valence-electron chi connectivity index (χ1n) is 9.70. The van der Waals surface area contributed by atoms with Crippen LogP contribution in [0.3, 0.4) is 0 Å².